The third-order valence-corrected chi connectivity index (χ3v) is 5.82. The molecule has 160 valence electrons. The van der Waals surface area contributed by atoms with E-state index in [4.69, 9.17) is 4.99 Å². The van der Waals surface area contributed by atoms with Crippen LogP contribution in [-0.4, -0.2) is 80.4 Å². The van der Waals surface area contributed by atoms with Gasteiger partial charge in [-0.15, -0.1) is 35.7 Å². The van der Waals surface area contributed by atoms with Crippen LogP contribution in [0.15, 0.2) is 40.2 Å². The molecule has 0 amide bonds. The van der Waals surface area contributed by atoms with Crippen LogP contribution < -0.4 is 10.6 Å². The first-order valence-corrected chi connectivity index (χ1v) is 11.1. The normalized spacial score (nSPS) is 18.2. The van der Waals surface area contributed by atoms with Gasteiger partial charge < -0.3 is 20.4 Å². The first kappa shape index (κ1) is 25.5. The summed E-state index contributed by atoms with van der Waals surface area (Å²) in [5.74, 6) is 1.50. The van der Waals surface area contributed by atoms with Crippen LogP contribution in [0.3, 0.4) is 0 Å². The average molecular weight is 520 g/mol. The summed E-state index contributed by atoms with van der Waals surface area (Å²) in [6, 6.07) is 10.6. The van der Waals surface area contributed by atoms with E-state index in [1.165, 1.54) is 31.1 Å². The van der Waals surface area contributed by atoms with Crippen molar-refractivity contribution in [1.29, 1.82) is 0 Å². The van der Waals surface area contributed by atoms with Crippen LogP contribution in [0.25, 0.3) is 0 Å². The molecular formula is C21H38IN5S. The van der Waals surface area contributed by atoms with Crippen molar-refractivity contribution in [3.63, 3.8) is 0 Å². The number of rotatable bonds is 9. The van der Waals surface area contributed by atoms with Crippen LogP contribution in [0.2, 0.25) is 0 Å². The van der Waals surface area contributed by atoms with E-state index >= 15 is 0 Å². The first-order chi connectivity index (χ1) is 13.1. The van der Waals surface area contributed by atoms with E-state index in [1.807, 2.05) is 11.8 Å². The van der Waals surface area contributed by atoms with Crippen molar-refractivity contribution in [2.45, 2.75) is 30.9 Å². The zero-order valence-corrected chi connectivity index (χ0v) is 21.0. The van der Waals surface area contributed by atoms with Gasteiger partial charge in [-0.3, -0.25) is 4.99 Å². The van der Waals surface area contributed by atoms with Crippen molar-refractivity contribution in [2.24, 2.45) is 10.9 Å². The minimum atomic E-state index is 0. The Balaban J connectivity index is 0.00000392. The fourth-order valence-corrected chi connectivity index (χ4v) is 4.08. The van der Waals surface area contributed by atoms with Crippen LogP contribution in [0.4, 0.5) is 0 Å². The molecule has 1 aliphatic heterocycles. The Morgan fingerprint density at radius 3 is 2.43 bits per heavy atom. The highest BCUT2D eigenvalue weighted by atomic mass is 127. The largest absolute Gasteiger partial charge is 0.357 e. The van der Waals surface area contributed by atoms with Crippen LogP contribution in [0, 0.1) is 5.92 Å². The number of aliphatic imine (C=N–C) groups is 1. The van der Waals surface area contributed by atoms with Gasteiger partial charge in [0.15, 0.2) is 5.96 Å². The number of hydrogen-bond acceptors (Lipinski definition) is 4. The lowest BCUT2D eigenvalue weighted by atomic mass is 10.1. The number of nitrogens with zero attached hydrogens (tertiary/aromatic N) is 3. The summed E-state index contributed by atoms with van der Waals surface area (Å²) < 4.78 is 0. The smallest absolute Gasteiger partial charge is 0.191 e. The van der Waals surface area contributed by atoms with E-state index in [1.54, 1.807) is 0 Å². The Labute approximate surface area is 193 Å². The Morgan fingerprint density at radius 1 is 1.11 bits per heavy atom. The number of hydrogen-bond donors (Lipinski definition) is 2. The predicted molar refractivity (Wildman–Crippen MR) is 134 cm³/mol. The lowest BCUT2D eigenvalue weighted by molar-refractivity contribution is 0.140. The topological polar surface area (TPSA) is 42.9 Å². The van der Waals surface area contributed by atoms with E-state index < -0.39 is 0 Å². The van der Waals surface area contributed by atoms with Gasteiger partial charge in [0.1, 0.15) is 0 Å². The highest BCUT2D eigenvalue weighted by molar-refractivity contribution is 14.0. The maximum absolute atomic E-state index is 4.82. The molecule has 2 N–H and O–H groups in total. The van der Waals surface area contributed by atoms with Gasteiger partial charge in [0.2, 0.25) is 0 Å². The monoisotopic (exact) mass is 519 g/mol. The van der Waals surface area contributed by atoms with Crippen LogP contribution in [-0.2, 0) is 0 Å². The summed E-state index contributed by atoms with van der Waals surface area (Å²) >= 11 is 1.90. The maximum Gasteiger partial charge on any atom is 0.191 e. The minimum absolute atomic E-state index is 0. The van der Waals surface area contributed by atoms with Crippen molar-refractivity contribution in [3.05, 3.63) is 30.3 Å². The summed E-state index contributed by atoms with van der Waals surface area (Å²) in [6.07, 6.45) is 0. The number of likely N-dealkylation sites (N-methyl/N-ethyl adjacent to an activating group) is 1. The SMILES string of the molecule is CCNC(=NCC(C)CN1CCN(C)CC1)NCC(C)Sc1ccccc1.I. The van der Waals surface area contributed by atoms with E-state index in [-0.39, 0.29) is 24.0 Å². The molecule has 1 saturated heterocycles. The molecule has 1 aromatic rings. The molecule has 2 rings (SSSR count). The van der Waals surface area contributed by atoms with Crippen molar-refractivity contribution in [2.75, 3.05) is 59.4 Å². The zero-order valence-electron chi connectivity index (χ0n) is 17.9. The highest BCUT2D eigenvalue weighted by Crippen LogP contribution is 2.21. The molecule has 0 aromatic heterocycles. The molecule has 1 aromatic carbocycles. The summed E-state index contributed by atoms with van der Waals surface area (Å²) in [5, 5.41) is 7.36. The van der Waals surface area contributed by atoms with Crippen LogP contribution in [0.1, 0.15) is 20.8 Å². The number of benzene rings is 1. The molecule has 5 nitrogen and oxygen atoms in total. The quantitative estimate of drug-likeness (QED) is 0.227. The van der Waals surface area contributed by atoms with Gasteiger partial charge in [-0.05, 0) is 32.0 Å². The minimum Gasteiger partial charge on any atom is -0.357 e. The summed E-state index contributed by atoms with van der Waals surface area (Å²) in [4.78, 5) is 11.1. The molecule has 0 radical (unpaired) electrons. The zero-order chi connectivity index (χ0) is 19.5. The lowest BCUT2D eigenvalue weighted by Crippen LogP contribution is -2.46. The van der Waals surface area contributed by atoms with Crippen molar-refractivity contribution in [3.8, 4) is 0 Å². The molecule has 1 fully saturated rings. The predicted octanol–water partition coefficient (Wildman–Crippen LogP) is 3.22. The fraction of sp³-hybridized carbons (Fsp3) is 0.667. The van der Waals surface area contributed by atoms with Gasteiger partial charge in [-0.25, -0.2) is 0 Å². The lowest BCUT2D eigenvalue weighted by Gasteiger charge is -2.33. The van der Waals surface area contributed by atoms with Gasteiger partial charge >= 0.3 is 0 Å². The van der Waals surface area contributed by atoms with E-state index in [0.29, 0.717) is 11.2 Å². The molecular weight excluding hydrogens is 481 g/mol. The van der Waals surface area contributed by atoms with Gasteiger partial charge in [-0.2, -0.15) is 0 Å². The standard InChI is InChI=1S/C21H37N5S.HI/c1-5-22-21(24-16-19(3)27-20-9-7-6-8-10-20)23-15-18(2)17-26-13-11-25(4)12-14-26;/h6-10,18-19H,5,11-17H2,1-4H3,(H2,22,23,24);1H. The average Bonchev–Trinajstić information content (AvgIpc) is 2.66. The van der Waals surface area contributed by atoms with Gasteiger partial charge in [-0.1, -0.05) is 32.0 Å². The molecule has 2 unspecified atom stereocenters. The summed E-state index contributed by atoms with van der Waals surface area (Å²) in [7, 11) is 2.20. The molecule has 0 saturated carbocycles. The second kappa shape index (κ2) is 14.5. The summed E-state index contributed by atoms with van der Waals surface area (Å²) in [5.41, 5.74) is 0. The Morgan fingerprint density at radius 2 is 1.79 bits per heavy atom. The van der Waals surface area contributed by atoms with Crippen LogP contribution in [0.5, 0.6) is 0 Å². The molecule has 0 bridgehead atoms. The molecule has 2 atom stereocenters. The Bertz CT molecular complexity index is 549. The van der Waals surface area contributed by atoms with Gasteiger partial charge in [0, 0.05) is 62.5 Å². The van der Waals surface area contributed by atoms with Crippen LogP contribution >= 0.6 is 35.7 Å². The number of halogens is 1. The second-order valence-electron chi connectivity index (χ2n) is 7.55. The Hall–Kier alpha value is -0.510. The highest BCUT2D eigenvalue weighted by Gasteiger charge is 2.16. The molecule has 0 spiro atoms. The third kappa shape index (κ3) is 10.3. The number of thioether (sulfide) groups is 1. The molecule has 7 heteroatoms. The number of guanidine groups is 1. The summed E-state index contributed by atoms with van der Waals surface area (Å²) in [6.45, 7) is 15.2. The third-order valence-electron chi connectivity index (χ3n) is 4.71. The number of nitrogens with one attached hydrogen (secondary N) is 2. The first-order valence-electron chi connectivity index (χ1n) is 10.2. The van der Waals surface area contributed by atoms with E-state index in [2.05, 4.69) is 78.6 Å². The van der Waals surface area contributed by atoms with E-state index in [0.717, 1.165) is 32.1 Å². The van der Waals surface area contributed by atoms with E-state index in [9.17, 15) is 0 Å². The number of piperazine rings is 1. The van der Waals surface area contributed by atoms with Gasteiger partial charge in [0.25, 0.3) is 0 Å². The molecule has 0 aliphatic carbocycles. The molecule has 28 heavy (non-hydrogen) atoms. The van der Waals surface area contributed by atoms with Crippen molar-refractivity contribution >= 4 is 41.7 Å². The maximum atomic E-state index is 4.82. The Kier molecular flexibility index (Phi) is 13.2. The van der Waals surface area contributed by atoms with Gasteiger partial charge in [0.05, 0.1) is 0 Å². The molecule has 1 aliphatic rings. The van der Waals surface area contributed by atoms with Crippen molar-refractivity contribution < 1.29 is 0 Å². The fourth-order valence-electron chi connectivity index (χ4n) is 3.13. The second-order valence-corrected chi connectivity index (χ2v) is 9.06. The molecule has 1 heterocycles. The van der Waals surface area contributed by atoms with Crippen molar-refractivity contribution in [1.82, 2.24) is 20.4 Å².